The van der Waals surface area contributed by atoms with Crippen molar-refractivity contribution in [2.24, 2.45) is 0 Å². The van der Waals surface area contributed by atoms with Gasteiger partial charge in [-0.05, 0) is 38.3 Å². The van der Waals surface area contributed by atoms with Gasteiger partial charge in [0.05, 0.1) is 30.1 Å². The van der Waals surface area contributed by atoms with Crippen LogP contribution in [0.15, 0.2) is 35.5 Å². The standard InChI is InChI=1S/C18H22N6O2/c1-4-24-6-5-13-7-14(22-15-9-19-11(2)8-20-15)23-17(16(13)18(24)26)21-12(3)10-25/h5-9,12,25H,4,10H2,1-3H3,(H2,20,21,22,23). The van der Waals surface area contributed by atoms with Crippen molar-refractivity contribution in [1.82, 2.24) is 19.5 Å². The van der Waals surface area contributed by atoms with Gasteiger partial charge in [-0.25, -0.2) is 9.97 Å². The number of aliphatic hydroxyl groups is 1. The number of rotatable bonds is 6. The third-order valence-electron chi connectivity index (χ3n) is 3.99. The number of pyridine rings is 2. The van der Waals surface area contributed by atoms with Crippen LogP contribution in [0.2, 0.25) is 0 Å². The average molecular weight is 354 g/mol. The van der Waals surface area contributed by atoms with Gasteiger partial charge in [0.25, 0.3) is 5.56 Å². The molecule has 8 nitrogen and oxygen atoms in total. The lowest BCUT2D eigenvalue weighted by molar-refractivity contribution is 0.281. The van der Waals surface area contributed by atoms with Gasteiger partial charge in [0.2, 0.25) is 0 Å². The second kappa shape index (κ2) is 7.49. The highest BCUT2D eigenvalue weighted by atomic mass is 16.3. The van der Waals surface area contributed by atoms with Crippen LogP contribution in [-0.2, 0) is 6.54 Å². The fourth-order valence-corrected chi connectivity index (χ4v) is 2.59. The molecule has 3 rings (SSSR count). The highest BCUT2D eigenvalue weighted by Crippen LogP contribution is 2.24. The summed E-state index contributed by atoms with van der Waals surface area (Å²) in [6, 6.07) is 3.44. The highest BCUT2D eigenvalue weighted by molar-refractivity contribution is 5.93. The van der Waals surface area contributed by atoms with E-state index < -0.39 is 0 Å². The molecule has 0 aliphatic carbocycles. The minimum absolute atomic E-state index is 0.0704. The molecule has 1 unspecified atom stereocenters. The van der Waals surface area contributed by atoms with Gasteiger partial charge < -0.3 is 20.3 Å². The number of aromatic nitrogens is 4. The summed E-state index contributed by atoms with van der Waals surface area (Å²) in [5, 5.41) is 16.8. The first-order valence-corrected chi connectivity index (χ1v) is 8.49. The minimum Gasteiger partial charge on any atom is -0.394 e. The highest BCUT2D eigenvalue weighted by Gasteiger charge is 2.13. The Morgan fingerprint density at radius 2 is 2.08 bits per heavy atom. The molecule has 0 spiro atoms. The lowest BCUT2D eigenvalue weighted by atomic mass is 10.2. The largest absolute Gasteiger partial charge is 0.394 e. The zero-order valence-corrected chi connectivity index (χ0v) is 15.0. The summed E-state index contributed by atoms with van der Waals surface area (Å²) in [6.45, 7) is 6.10. The average Bonchev–Trinajstić information content (AvgIpc) is 2.63. The van der Waals surface area contributed by atoms with E-state index in [4.69, 9.17) is 0 Å². The van der Waals surface area contributed by atoms with Crippen LogP contribution in [-0.4, -0.2) is 37.3 Å². The van der Waals surface area contributed by atoms with Crippen molar-refractivity contribution in [1.29, 1.82) is 0 Å². The molecule has 136 valence electrons. The Labute approximate surface area is 151 Å². The molecular formula is C18H22N6O2. The van der Waals surface area contributed by atoms with E-state index in [1.54, 1.807) is 29.2 Å². The van der Waals surface area contributed by atoms with Crippen LogP contribution < -0.4 is 16.2 Å². The van der Waals surface area contributed by atoms with Crippen LogP contribution in [0.3, 0.4) is 0 Å². The molecule has 0 saturated carbocycles. The number of anilines is 3. The Bertz CT molecular complexity index is 968. The van der Waals surface area contributed by atoms with Gasteiger partial charge in [-0.2, -0.15) is 0 Å². The van der Waals surface area contributed by atoms with Crippen molar-refractivity contribution in [3.05, 3.63) is 46.8 Å². The second-order valence-corrected chi connectivity index (χ2v) is 6.12. The monoisotopic (exact) mass is 354 g/mol. The number of nitrogens with zero attached hydrogens (tertiary/aromatic N) is 4. The first-order valence-electron chi connectivity index (χ1n) is 8.49. The van der Waals surface area contributed by atoms with E-state index in [9.17, 15) is 9.90 Å². The van der Waals surface area contributed by atoms with E-state index in [-0.39, 0.29) is 18.2 Å². The smallest absolute Gasteiger partial charge is 0.262 e. The molecule has 26 heavy (non-hydrogen) atoms. The van der Waals surface area contributed by atoms with Crippen LogP contribution in [0.4, 0.5) is 17.5 Å². The Balaban J connectivity index is 2.10. The quantitative estimate of drug-likeness (QED) is 0.622. The molecule has 0 bridgehead atoms. The fourth-order valence-electron chi connectivity index (χ4n) is 2.59. The van der Waals surface area contributed by atoms with Crippen molar-refractivity contribution < 1.29 is 5.11 Å². The Morgan fingerprint density at radius 3 is 2.73 bits per heavy atom. The molecule has 0 radical (unpaired) electrons. The lowest BCUT2D eigenvalue weighted by Crippen LogP contribution is -2.24. The molecule has 3 aromatic heterocycles. The van der Waals surface area contributed by atoms with E-state index in [1.807, 2.05) is 26.8 Å². The zero-order valence-electron chi connectivity index (χ0n) is 15.0. The molecule has 0 aliphatic rings. The van der Waals surface area contributed by atoms with Crippen molar-refractivity contribution in [3.63, 3.8) is 0 Å². The second-order valence-electron chi connectivity index (χ2n) is 6.12. The van der Waals surface area contributed by atoms with E-state index in [1.165, 1.54) is 0 Å². The predicted molar refractivity (Wildman–Crippen MR) is 102 cm³/mol. The van der Waals surface area contributed by atoms with Crippen molar-refractivity contribution in [2.75, 3.05) is 17.2 Å². The maximum absolute atomic E-state index is 12.7. The van der Waals surface area contributed by atoms with Gasteiger partial charge in [0.1, 0.15) is 17.5 Å². The van der Waals surface area contributed by atoms with Crippen molar-refractivity contribution in [3.8, 4) is 0 Å². The Morgan fingerprint density at radius 1 is 1.27 bits per heavy atom. The first kappa shape index (κ1) is 17.8. The summed E-state index contributed by atoms with van der Waals surface area (Å²) in [5.41, 5.74) is 0.702. The Kier molecular flexibility index (Phi) is 5.13. The number of hydrogen-bond donors (Lipinski definition) is 3. The summed E-state index contributed by atoms with van der Waals surface area (Å²) in [7, 11) is 0. The van der Waals surface area contributed by atoms with Crippen LogP contribution in [0.1, 0.15) is 19.5 Å². The normalized spacial score (nSPS) is 12.2. The SMILES string of the molecule is CCn1ccc2cc(Nc3cnc(C)cn3)nc(NC(C)CO)c2c1=O. The summed E-state index contributed by atoms with van der Waals surface area (Å²) in [4.78, 5) is 25.7. The maximum atomic E-state index is 12.7. The van der Waals surface area contributed by atoms with Gasteiger partial charge in [-0.3, -0.25) is 9.78 Å². The number of hydrogen-bond acceptors (Lipinski definition) is 7. The zero-order chi connectivity index (χ0) is 18.7. The number of fused-ring (bicyclic) bond motifs is 1. The molecule has 0 aliphatic heterocycles. The molecule has 8 heteroatoms. The van der Waals surface area contributed by atoms with Crippen LogP contribution in [0, 0.1) is 6.92 Å². The minimum atomic E-state index is -0.241. The lowest BCUT2D eigenvalue weighted by Gasteiger charge is -2.16. The molecule has 1 atom stereocenters. The molecule has 3 N–H and O–H groups in total. The van der Waals surface area contributed by atoms with Crippen LogP contribution >= 0.6 is 0 Å². The van der Waals surface area contributed by atoms with E-state index in [0.29, 0.717) is 29.4 Å². The first-order chi connectivity index (χ1) is 12.5. The van der Waals surface area contributed by atoms with Crippen molar-refractivity contribution >= 4 is 28.2 Å². The summed E-state index contributed by atoms with van der Waals surface area (Å²) in [5.74, 6) is 1.53. The Hall–Kier alpha value is -3.00. The molecular weight excluding hydrogens is 332 g/mol. The molecule has 0 aromatic carbocycles. The third kappa shape index (κ3) is 3.65. The third-order valence-corrected chi connectivity index (χ3v) is 3.99. The van der Waals surface area contributed by atoms with Gasteiger partial charge in [-0.15, -0.1) is 0 Å². The van der Waals surface area contributed by atoms with Gasteiger partial charge >= 0.3 is 0 Å². The van der Waals surface area contributed by atoms with E-state index in [0.717, 1.165) is 11.1 Å². The van der Waals surface area contributed by atoms with Crippen LogP contribution in [0.25, 0.3) is 10.8 Å². The number of aryl methyl sites for hydroxylation is 2. The fraction of sp³-hybridized carbons (Fsp3) is 0.333. The number of nitrogens with one attached hydrogen (secondary N) is 2. The molecule has 3 aromatic rings. The molecule has 0 fully saturated rings. The van der Waals surface area contributed by atoms with Crippen molar-refractivity contribution in [2.45, 2.75) is 33.4 Å². The topological polar surface area (TPSA) is 105 Å². The van der Waals surface area contributed by atoms with Gasteiger partial charge in [0, 0.05) is 18.8 Å². The summed E-state index contributed by atoms with van der Waals surface area (Å²) < 4.78 is 1.62. The summed E-state index contributed by atoms with van der Waals surface area (Å²) in [6.07, 6.45) is 5.05. The maximum Gasteiger partial charge on any atom is 0.262 e. The molecule has 3 heterocycles. The van der Waals surface area contributed by atoms with E-state index >= 15 is 0 Å². The molecule has 0 saturated heterocycles. The van der Waals surface area contributed by atoms with Gasteiger partial charge in [0.15, 0.2) is 0 Å². The van der Waals surface area contributed by atoms with E-state index in [2.05, 4.69) is 25.6 Å². The number of aliphatic hydroxyl groups excluding tert-OH is 1. The van der Waals surface area contributed by atoms with Crippen LogP contribution in [0.5, 0.6) is 0 Å². The predicted octanol–water partition coefficient (Wildman–Crippen LogP) is 2.05. The molecule has 0 amide bonds. The summed E-state index contributed by atoms with van der Waals surface area (Å²) >= 11 is 0. The van der Waals surface area contributed by atoms with Gasteiger partial charge in [-0.1, -0.05) is 0 Å².